The number of anilines is 1. The van der Waals surface area contributed by atoms with Crippen LogP contribution in [0.3, 0.4) is 0 Å². The standard InChI is InChI=1S/C15H18F3N3/c1-21(2)14(10-3-4-10)9-20-12-6-5-11(8-19)13(7-12)15(16,17)18/h5-7,10,14,20H,3-4,9H2,1-2H3. The number of likely N-dealkylation sites (N-methyl/N-ethyl adjacent to an activating group) is 1. The predicted molar refractivity (Wildman–Crippen MR) is 74.8 cm³/mol. The molecular weight excluding hydrogens is 279 g/mol. The Morgan fingerprint density at radius 2 is 2.05 bits per heavy atom. The lowest BCUT2D eigenvalue weighted by atomic mass is 10.1. The molecule has 0 aromatic heterocycles. The van der Waals surface area contributed by atoms with E-state index in [-0.39, 0.29) is 5.56 Å². The van der Waals surface area contributed by atoms with Crippen molar-refractivity contribution in [2.75, 3.05) is 26.0 Å². The average Bonchev–Trinajstić information content (AvgIpc) is 3.22. The van der Waals surface area contributed by atoms with E-state index in [1.165, 1.54) is 25.0 Å². The summed E-state index contributed by atoms with van der Waals surface area (Å²) in [6.45, 7) is 0.598. The van der Waals surface area contributed by atoms with Crippen molar-refractivity contribution < 1.29 is 13.2 Å². The van der Waals surface area contributed by atoms with Gasteiger partial charge in [-0.2, -0.15) is 18.4 Å². The van der Waals surface area contributed by atoms with E-state index in [1.54, 1.807) is 6.07 Å². The second kappa shape index (κ2) is 5.94. The van der Waals surface area contributed by atoms with E-state index in [2.05, 4.69) is 10.2 Å². The van der Waals surface area contributed by atoms with Crippen molar-refractivity contribution in [3.05, 3.63) is 29.3 Å². The summed E-state index contributed by atoms with van der Waals surface area (Å²) in [5.41, 5.74) is -0.837. The van der Waals surface area contributed by atoms with Crippen LogP contribution in [0, 0.1) is 17.2 Å². The van der Waals surface area contributed by atoms with Crippen LogP contribution in [0.2, 0.25) is 0 Å². The Bertz CT molecular complexity index is 540. The molecule has 1 aromatic carbocycles. The summed E-state index contributed by atoms with van der Waals surface area (Å²) < 4.78 is 38.7. The second-order valence-corrected chi connectivity index (χ2v) is 5.62. The van der Waals surface area contributed by atoms with Gasteiger partial charge >= 0.3 is 6.18 Å². The van der Waals surface area contributed by atoms with Crippen molar-refractivity contribution in [1.29, 1.82) is 5.26 Å². The van der Waals surface area contributed by atoms with Crippen LogP contribution >= 0.6 is 0 Å². The smallest absolute Gasteiger partial charge is 0.383 e. The first-order chi connectivity index (χ1) is 9.82. The van der Waals surface area contributed by atoms with Crippen LogP contribution in [-0.2, 0) is 6.18 Å². The topological polar surface area (TPSA) is 39.1 Å². The molecule has 6 heteroatoms. The maximum atomic E-state index is 12.9. The van der Waals surface area contributed by atoms with E-state index in [9.17, 15) is 13.2 Å². The first kappa shape index (κ1) is 15.6. The lowest BCUT2D eigenvalue weighted by Crippen LogP contribution is -2.36. The number of alkyl halides is 3. The Kier molecular flexibility index (Phi) is 4.43. The number of nitrogens with one attached hydrogen (secondary N) is 1. The van der Waals surface area contributed by atoms with Crippen molar-refractivity contribution in [3.8, 4) is 6.07 Å². The minimum atomic E-state index is -4.51. The molecule has 1 atom stereocenters. The largest absolute Gasteiger partial charge is 0.417 e. The van der Waals surface area contributed by atoms with E-state index in [1.807, 2.05) is 14.1 Å². The number of nitriles is 1. The fraction of sp³-hybridized carbons (Fsp3) is 0.533. The van der Waals surface area contributed by atoms with Crippen LogP contribution in [0.15, 0.2) is 18.2 Å². The van der Waals surface area contributed by atoms with Gasteiger partial charge in [0.15, 0.2) is 0 Å². The monoisotopic (exact) mass is 297 g/mol. The summed E-state index contributed by atoms with van der Waals surface area (Å²) in [4.78, 5) is 2.10. The Morgan fingerprint density at radius 1 is 1.38 bits per heavy atom. The lowest BCUT2D eigenvalue weighted by Gasteiger charge is -2.25. The van der Waals surface area contributed by atoms with Crippen LogP contribution in [0.25, 0.3) is 0 Å². The molecule has 1 aliphatic rings. The van der Waals surface area contributed by atoms with E-state index in [4.69, 9.17) is 5.26 Å². The minimum Gasteiger partial charge on any atom is -0.383 e. The third kappa shape index (κ3) is 3.88. The van der Waals surface area contributed by atoms with Gasteiger partial charge in [-0.25, -0.2) is 0 Å². The molecule has 0 aliphatic heterocycles. The zero-order valence-electron chi connectivity index (χ0n) is 12.0. The van der Waals surface area contributed by atoms with E-state index >= 15 is 0 Å². The van der Waals surface area contributed by atoms with Crippen molar-refractivity contribution in [2.45, 2.75) is 25.1 Å². The molecule has 0 amide bonds. The fourth-order valence-electron chi connectivity index (χ4n) is 2.46. The van der Waals surface area contributed by atoms with Crippen LogP contribution in [0.5, 0.6) is 0 Å². The molecule has 21 heavy (non-hydrogen) atoms. The first-order valence-electron chi connectivity index (χ1n) is 6.84. The maximum Gasteiger partial charge on any atom is 0.417 e. The molecular formula is C15H18F3N3. The van der Waals surface area contributed by atoms with Gasteiger partial charge in [-0.05, 0) is 51.1 Å². The van der Waals surface area contributed by atoms with Crippen molar-refractivity contribution in [2.24, 2.45) is 5.92 Å². The van der Waals surface area contributed by atoms with Gasteiger partial charge in [0.25, 0.3) is 0 Å². The van der Waals surface area contributed by atoms with Crippen molar-refractivity contribution in [1.82, 2.24) is 4.90 Å². The molecule has 2 rings (SSSR count). The van der Waals surface area contributed by atoms with Crippen molar-refractivity contribution in [3.63, 3.8) is 0 Å². The highest BCUT2D eigenvalue weighted by atomic mass is 19.4. The van der Waals surface area contributed by atoms with Gasteiger partial charge in [-0.1, -0.05) is 0 Å². The zero-order valence-corrected chi connectivity index (χ0v) is 12.0. The van der Waals surface area contributed by atoms with Crippen molar-refractivity contribution >= 4 is 5.69 Å². The molecule has 0 radical (unpaired) electrons. The summed E-state index contributed by atoms with van der Waals surface area (Å²) in [5, 5.41) is 11.8. The fourth-order valence-corrected chi connectivity index (χ4v) is 2.46. The van der Waals surface area contributed by atoms with E-state index in [0.717, 1.165) is 6.07 Å². The lowest BCUT2D eigenvalue weighted by molar-refractivity contribution is -0.137. The molecule has 1 N–H and O–H groups in total. The number of halogens is 3. The third-order valence-electron chi connectivity index (χ3n) is 3.79. The number of hydrogen-bond acceptors (Lipinski definition) is 3. The summed E-state index contributed by atoms with van der Waals surface area (Å²) in [6, 6.07) is 5.65. The van der Waals surface area contributed by atoms with Crippen LogP contribution in [0.1, 0.15) is 24.0 Å². The highest BCUT2D eigenvalue weighted by Gasteiger charge is 2.34. The summed E-state index contributed by atoms with van der Waals surface area (Å²) >= 11 is 0. The van der Waals surface area contributed by atoms with Gasteiger partial charge in [-0.3, -0.25) is 0 Å². The summed E-state index contributed by atoms with van der Waals surface area (Å²) in [5.74, 6) is 0.618. The van der Waals surface area contributed by atoms with Gasteiger partial charge in [-0.15, -0.1) is 0 Å². The Labute approximate surface area is 122 Å². The van der Waals surface area contributed by atoms with E-state index in [0.29, 0.717) is 24.2 Å². The van der Waals surface area contributed by atoms with Crippen LogP contribution < -0.4 is 5.32 Å². The van der Waals surface area contributed by atoms with E-state index < -0.39 is 11.7 Å². The Hall–Kier alpha value is -1.74. The summed E-state index contributed by atoms with van der Waals surface area (Å²) in [7, 11) is 3.95. The SMILES string of the molecule is CN(C)C(CNc1ccc(C#N)c(C(F)(F)F)c1)C1CC1. The molecule has 3 nitrogen and oxygen atoms in total. The zero-order chi connectivity index (χ0) is 15.6. The predicted octanol–water partition coefficient (Wildman–Crippen LogP) is 3.33. The number of rotatable bonds is 5. The number of hydrogen-bond donors (Lipinski definition) is 1. The highest BCUT2D eigenvalue weighted by Crippen LogP contribution is 2.36. The molecule has 1 aromatic rings. The summed E-state index contributed by atoms with van der Waals surface area (Å²) in [6.07, 6.45) is -2.17. The Balaban J connectivity index is 2.12. The number of benzene rings is 1. The van der Waals surface area contributed by atoms with Gasteiger partial charge in [0.1, 0.15) is 0 Å². The molecule has 0 heterocycles. The molecule has 0 spiro atoms. The molecule has 1 unspecified atom stereocenters. The normalized spacial score (nSPS) is 16.6. The molecule has 1 saturated carbocycles. The first-order valence-corrected chi connectivity index (χ1v) is 6.84. The Morgan fingerprint density at radius 3 is 2.52 bits per heavy atom. The highest BCUT2D eigenvalue weighted by molar-refractivity contribution is 5.53. The second-order valence-electron chi connectivity index (χ2n) is 5.62. The molecule has 0 saturated heterocycles. The third-order valence-corrected chi connectivity index (χ3v) is 3.79. The minimum absolute atomic E-state index is 0.315. The van der Waals surface area contributed by atoms with Crippen LogP contribution in [-0.4, -0.2) is 31.6 Å². The van der Waals surface area contributed by atoms with Gasteiger partial charge in [0.2, 0.25) is 0 Å². The molecule has 1 aliphatic carbocycles. The number of nitrogens with zero attached hydrogens (tertiary/aromatic N) is 2. The van der Waals surface area contributed by atoms with Crippen LogP contribution in [0.4, 0.5) is 18.9 Å². The maximum absolute atomic E-state index is 12.9. The quantitative estimate of drug-likeness (QED) is 0.906. The average molecular weight is 297 g/mol. The van der Waals surface area contributed by atoms with Gasteiger partial charge in [0, 0.05) is 18.3 Å². The van der Waals surface area contributed by atoms with Gasteiger partial charge < -0.3 is 10.2 Å². The molecule has 1 fully saturated rings. The van der Waals surface area contributed by atoms with Gasteiger partial charge in [0.05, 0.1) is 17.2 Å². The molecule has 114 valence electrons. The molecule has 0 bridgehead atoms.